The lowest BCUT2D eigenvalue weighted by Gasteiger charge is -2.18. The van der Waals surface area contributed by atoms with Crippen molar-refractivity contribution in [1.29, 1.82) is 0 Å². The summed E-state index contributed by atoms with van der Waals surface area (Å²) in [7, 11) is -0.936. The third kappa shape index (κ3) is 4.95. The highest BCUT2D eigenvalue weighted by Crippen LogP contribution is 2.29. The van der Waals surface area contributed by atoms with Crippen LogP contribution in [0.5, 0.6) is 0 Å². The van der Waals surface area contributed by atoms with Crippen LogP contribution in [0.2, 0.25) is 5.15 Å². The summed E-state index contributed by atoms with van der Waals surface area (Å²) in [5.74, 6) is 0. The number of ether oxygens (including phenoxy) is 1. The number of nitrogens with one attached hydrogen (secondary N) is 1. The van der Waals surface area contributed by atoms with Crippen LogP contribution in [0, 0.1) is 0 Å². The Labute approximate surface area is 201 Å². The van der Waals surface area contributed by atoms with Gasteiger partial charge in [0.15, 0.2) is 5.15 Å². The number of aromatic nitrogens is 3. The molecule has 176 valence electrons. The van der Waals surface area contributed by atoms with Gasteiger partial charge in [-0.2, -0.15) is 12.7 Å². The molecule has 0 fully saturated rings. The van der Waals surface area contributed by atoms with E-state index in [0.29, 0.717) is 27.8 Å². The quantitative estimate of drug-likeness (QED) is 0.373. The minimum Gasteiger partial charge on any atom is -0.383 e. The molecule has 0 atom stereocenters. The van der Waals surface area contributed by atoms with Crippen LogP contribution in [0.3, 0.4) is 0 Å². The van der Waals surface area contributed by atoms with Gasteiger partial charge >= 0.3 is 10.2 Å². The van der Waals surface area contributed by atoms with Gasteiger partial charge in [-0.25, -0.2) is 9.97 Å². The number of hydrogen-bond donors (Lipinski definition) is 1. The normalized spacial score (nSPS) is 11.8. The lowest BCUT2D eigenvalue weighted by molar-refractivity contribution is 0.185. The average molecular weight is 500 g/mol. The zero-order chi connectivity index (χ0) is 24.3. The van der Waals surface area contributed by atoms with Crippen LogP contribution in [0.4, 0.5) is 5.69 Å². The molecule has 9 nitrogen and oxygen atoms in total. The number of anilines is 1. The summed E-state index contributed by atoms with van der Waals surface area (Å²) >= 11 is 6.18. The molecule has 0 spiro atoms. The SMILES string of the molecule is COCCN(C)S(=O)(=O)Nc1cc(-c2ccc3ncc(=O)n(-c4ccccc4)c3c2)cnc1Cl. The highest BCUT2D eigenvalue weighted by molar-refractivity contribution is 7.90. The smallest absolute Gasteiger partial charge is 0.301 e. The van der Waals surface area contributed by atoms with Crippen LogP contribution in [0.1, 0.15) is 0 Å². The summed E-state index contributed by atoms with van der Waals surface area (Å²) in [6.45, 7) is 0.420. The molecule has 0 amide bonds. The molecule has 0 aliphatic carbocycles. The monoisotopic (exact) mass is 499 g/mol. The van der Waals surface area contributed by atoms with Crippen LogP contribution in [0.25, 0.3) is 27.8 Å². The van der Waals surface area contributed by atoms with E-state index in [2.05, 4.69) is 14.7 Å². The maximum Gasteiger partial charge on any atom is 0.301 e. The van der Waals surface area contributed by atoms with Gasteiger partial charge in [0.05, 0.1) is 29.5 Å². The molecule has 0 aliphatic rings. The van der Waals surface area contributed by atoms with Crippen LogP contribution >= 0.6 is 11.6 Å². The Bertz CT molecular complexity index is 1490. The van der Waals surface area contributed by atoms with Gasteiger partial charge < -0.3 is 4.74 Å². The van der Waals surface area contributed by atoms with Gasteiger partial charge in [-0.1, -0.05) is 35.9 Å². The summed E-state index contributed by atoms with van der Waals surface area (Å²) in [6.07, 6.45) is 2.82. The van der Waals surface area contributed by atoms with Gasteiger partial charge in [0.1, 0.15) is 0 Å². The number of hydrogen-bond acceptors (Lipinski definition) is 6. The molecule has 0 unspecified atom stereocenters. The molecule has 2 heterocycles. The van der Waals surface area contributed by atoms with E-state index in [1.54, 1.807) is 16.7 Å². The van der Waals surface area contributed by atoms with Crippen molar-refractivity contribution in [2.45, 2.75) is 0 Å². The predicted octanol–water partition coefficient (Wildman–Crippen LogP) is 3.34. The van der Waals surface area contributed by atoms with Crippen LogP contribution in [0.15, 0.2) is 71.8 Å². The van der Waals surface area contributed by atoms with E-state index in [1.165, 1.54) is 26.6 Å². The fourth-order valence-corrected chi connectivity index (χ4v) is 4.48. The second-order valence-electron chi connectivity index (χ2n) is 7.45. The fourth-order valence-electron chi connectivity index (χ4n) is 3.37. The van der Waals surface area contributed by atoms with Gasteiger partial charge in [0.2, 0.25) is 0 Å². The largest absolute Gasteiger partial charge is 0.383 e. The topological polar surface area (TPSA) is 106 Å². The van der Waals surface area contributed by atoms with Gasteiger partial charge in [-0.3, -0.25) is 14.1 Å². The Morgan fingerprint density at radius 1 is 1.06 bits per heavy atom. The summed E-state index contributed by atoms with van der Waals surface area (Å²) in [6, 6.07) is 16.3. The number of nitrogens with zero attached hydrogens (tertiary/aromatic N) is 4. The summed E-state index contributed by atoms with van der Waals surface area (Å²) < 4.78 is 35.4. The number of halogens is 1. The summed E-state index contributed by atoms with van der Waals surface area (Å²) in [5.41, 5.74) is 3.13. The maximum atomic E-state index is 12.7. The average Bonchev–Trinajstić information content (AvgIpc) is 2.83. The first-order valence-corrected chi connectivity index (χ1v) is 12.1. The van der Waals surface area contributed by atoms with Gasteiger partial charge in [0, 0.05) is 38.1 Å². The minimum absolute atomic E-state index is 0.0103. The van der Waals surface area contributed by atoms with Crippen LogP contribution in [-0.4, -0.2) is 54.6 Å². The van der Waals surface area contributed by atoms with Crippen molar-refractivity contribution in [2.75, 3.05) is 32.0 Å². The van der Waals surface area contributed by atoms with E-state index in [4.69, 9.17) is 16.3 Å². The standard InChI is InChI=1S/C23H22ClN5O4S/c1-28(10-11-33-2)34(31,32)27-20-12-17(14-26-23(20)24)16-8-9-19-21(13-16)29(22(30)15-25-19)18-6-4-3-5-7-18/h3-9,12-15,27H,10-11H2,1-2H3. The molecule has 2 aromatic heterocycles. The van der Waals surface area contributed by atoms with E-state index in [1.807, 2.05) is 42.5 Å². The first kappa shape index (κ1) is 23.8. The highest BCUT2D eigenvalue weighted by atomic mass is 35.5. The number of likely N-dealkylation sites (N-methyl/N-ethyl adjacent to an activating group) is 1. The molecular formula is C23H22ClN5O4S. The lowest BCUT2D eigenvalue weighted by Crippen LogP contribution is -2.35. The number of para-hydroxylation sites is 1. The molecule has 0 aliphatic heterocycles. The fraction of sp³-hybridized carbons (Fsp3) is 0.174. The Morgan fingerprint density at radius 3 is 2.56 bits per heavy atom. The van der Waals surface area contributed by atoms with Crippen molar-refractivity contribution in [1.82, 2.24) is 18.8 Å². The minimum atomic E-state index is -3.87. The summed E-state index contributed by atoms with van der Waals surface area (Å²) in [5, 5.41) is 0.0103. The Kier molecular flexibility index (Phi) is 6.94. The molecule has 0 saturated heterocycles. The first-order valence-electron chi connectivity index (χ1n) is 10.3. The number of fused-ring (bicyclic) bond motifs is 1. The molecular weight excluding hydrogens is 478 g/mol. The van der Waals surface area contributed by atoms with Gasteiger partial charge in [-0.15, -0.1) is 0 Å². The van der Waals surface area contributed by atoms with E-state index in [0.717, 1.165) is 4.31 Å². The van der Waals surface area contributed by atoms with Crippen LogP contribution < -0.4 is 10.3 Å². The molecule has 0 saturated carbocycles. The maximum absolute atomic E-state index is 12.7. The molecule has 34 heavy (non-hydrogen) atoms. The third-order valence-corrected chi connectivity index (χ3v) is 6.98. The van der Waals surface area contributed by atoms with Crippen molar-refractivity contribution in [3.63, 3.8) is 0 Å². The Balaban J connectivity index is 1.76. The van der Waals surface area contributed by atoms with Crippen LogP contribution in [-0.2, 0) is 14.9 Å². The molecule has 4 rings (SSSR count). The Hall–Kier alpha value is -3.31. The van der Waals surface area contributed by atoms with E-state index >= 15 is 0 Å². The van der Waals surface area contributed by atoms with Crippen molar-refractivity contribution >= 4 is 38.5 Å². The Morgan fingerprint density at radius 2 is 1.82 bits per heavy atom. The van der Waals surface area contributed by atoms with E-state index in [-0.39, 0.29) is 29.6 Å². The molecule has 11 heteroatoms. The number of pyridine rings is 1. The van der Waals surface area contributed by atoms with Crippen molar-refractivity contribution in [2.24, 2.45) is 0 Å². The molecule has 1 N–H and O–H groups in total. The first-order chi connectivity index (χ1) is 16.3. The van der Waals surface area contributed by atoms with Crippen molar-refractivity contribution in [3.8, 4) is 16.8 Å². The number of rotatable bonds is 8. The third-order valence-electron chi connectivity index (χ3n) is 5.20. The molecule has 0 bridgehead atoms. The molecule has 4 aromatic rings. The zero-order valence-electron chi connectivity index (χ0n) is 18.5. The number of methoxy groups -OCH3 is 1. The lowest BCUT2D eigenvalue weighted by atomic mass is 10.1. The van der Waals surface area contributed by atoms with Crippen molar-refractivity contribution < 1.29 is 13.2 Å². The number of benzene rings is 2. The second-order valence-corrected chi connectivity index (χ2v) is 9.59. The van der Waals surface area contributed by atoms with Gasteiger partial charge in [0.25, 0.3) is 5.56 Å². The van der Waals surface area contributed by atoms with E-state index < -0.39 is 10.2 Å². The molecule has 2 aromatic carbocycles. The van der Waals surface area contributed by atoms with Gasteiger partial charge in [-0.05, 0) is 35.9 Å². The van der Waals surface area contributed by atoms with E-state index in [9.17, 15) is 13.2 Å². The zero-order valence-corrected chi connectivity index (χ0v) is 20.0. The second kappa shape index (κ2) is 9.90. The summed E-state index contributed by atoms with van der Waals surface area (Å²) in [4.78, 5) is 21.1. The predicted molar refractivity (Wildman–Crippen MR) is 133 cm³/mol. The highest BCUT2D eigenvalue weighted by Gasteiger charge is 2.19. The van der Waals surface area contributed by atoms with Crippen molar-refractivity contribution in [3.05, 3.63) is 82.5 Å². The molecule has 0 radical (unpaired) electrons.